The van der Waals surface area contributed by atoms with Crippen LogP contribution >= 0.6 is 0 Å². The Morgan fingerprint density at radius 1 is 0.379 bits per heavy atom. The van der Waals surface area contributed by atoms with Gasteiger partial charge in [-0.1, -0.05) is 0 Å². The van der Waals surface area contributed by atoms with E-state index < -0.39 is 35.7 Å². The van der Waals surface area contributed by atoms with Crippen LogP contribution in [0, 0.1) is 0 Å². The Kier molecular flexibility index (Phi) is 8.66. The van der Waals surface area contributed by atoms with Gasteiger partial charge in [-0.05, 0) is 0 Å². The van der Waals surface area contributed by atoms with E-state index in [9.17, 15) is 0 Å². The second-order valence-corrected chi connectivity index (χ2v) is 44.3. The third-order valence-electron chi connectivity index (χ3n) is 5.54. The van der Waals surface area contributed by atoms with E-state index >= 15 is 0 Å². The first-order chi connectivity index (χ1) is 14.4. The van der Waals surface area contributed by atoms with Gasteiger partial charge in [0.2, 0.25) is 0 Å². The summed E-state index contributed by atoms with van der Waals surface area (Å²) in [6.07, 6.45) is 8.73. The van der Waals surface area contributed by atoms with E-state index in [1.807, 2.05) is 0 Å². The van der Waals surface area contributed by atoms with E-state index in [1.165, 1.54) is 48.9 Å². The van der Waals surface area contributed by atoms with E-state index in [2.05, 4.69) is 91.0 Å². The Labute approximate surface area is 187 Å². The van der Waals surface area contributed by atoms with Crippen LogP contribution in [0.5, 0.6) is 0 Å². The first kappa shape index (κ1) is 21.6. The maximum atomic E-state index is 2.51. The fraction of sp³-hybridized carbons (Fsp3) is 0.308. The quantitative estimate of drug-likeness (QED) is 0.402. The van der Waals surface area contributed by atoms with Gasteiger partial charge >= 0.3 is 189 Å². The molecule has 0 radical (unpaired) electrons. The predicted molar refractivity (Wildman–Crippen MR) is 133 cm³/mol. The Bertz CT molecular complexity index is 782. The molecule has 0 aromatic heterocycles. The number of hydrogen-bond acceptors (Lipinski definition) is 0. The van der Waals surface area contributed by atoms with Crippen LogP contribution < -0.4 is 13.1 Å². The van der Waals surface area contributed by atoms with Gasteiger partial charge in [0.1, 0.15) is 0 Å². The van der Waals surface area contributed by atoms with Crippen LogP contribution in [0.3, 0.4) is 0 Å². The molecule has 1 saturated heterocycles. The van der Waals surface area contributed by atoms with Crippen molar-refractivity contribution in [3.05, 3.63) is 91.0 Å². The zero-order valence-corrected chi connectivity index (χ0v) is 22.8. The Morgan fingerprint density at radius 2 is 0.724 bits per heavy atom. The molecule has 0 saturated carbocycles. The van der Waals surface area contributed by atoms with Crippen molar-refractivity contribution in [1.82, 2.24) is 0 Å². The van der Waals surface area contributed by atoms with Crippen LogP contribution in [0.1, 0.15) is 38.5 Å². The van der Waals surface area contributed by atoms with Crippen molar-refractivity contribution in [1.29, 1.82) is 0 Å². The molecule has 150 valence electrons. The SMILES string of the molecule is c1ccc([As]2CCCCCCCC[As](c3ccccc3)[As]2c2ccccc2)cc1. The molecule has 3 heteroatoms. The summed E-state index contributed by atoms with van der Waals surface area (Å²) in [5, 5.41) is 3.06. The van der Waals surface area contributed by atoms with Crippen LogP contribution in [0.2, 0.25) is 10.4 Å². The summed E-state index contributed by atoms with van der Waals surface area (Å²) >= 11 is -2.15. The molecule has 3 aromatic rings. The Morgan fingerprint density at radius 3 is 1.14 bits per heavy atom. The normalized spacial score (nSPS) is 23.8. The second kappa shape index (κ2) is 11.7. The summed E-state index contributed by atoms with van der Waals surface area (Å²) in [6, 6.07) is 35.4. The predicted octanol–water partition coefficient (Wildman–Crippen LogP) is 4.70. The summed E-state index contributed by atoms with van der Waals surface area (Å²) in [6.45, 7) is 0. The van der Waals surface area contributed by atoms with Gasteiger partial charge in [-0.2, -0.15) is 0 Å². The summed E-state index contributed by atoms with van der Waals surface area (Å²) < 4.78 is 5.31. The van der Waals surface area contributed by atoms with Crippen molar-refractivity contribution < 1.29 is 0 Å². The van der Waals surface area contributed by atoms with Gasteiger partial charge in [0.05, 0.1) is 0 Å². The molecule has 1 fully saturated rings. The molecular weight excluding hydrogens is 537 g/mol. The zero-order valence-electron chi connectivity index (χ0n) is 17.2. The third-order valence-corrected chi connectivity index (χ3v) is 64.8. The average Bonchev–Trinajstić information content (AvgIpc) is 2.84. The molecule has 0 bridgehead atoms. The van der Waals surface area contributed by atoms with Gasteiger partial charge in [-0.3, -0.25) is 0 Å². The number of hydrogen-bond donors (Lipinski definition) is 0. The van der Waals surface area contributed by atoms with Crippen molar-refractivity contribution in [2.24, 2.45) is 0 Å². The molecule has 0 N–H and O–H groups in total. The van der Waals surface area contributed by atoms with Gasteiger partial charge in [0.25, 0.3) is 0 Å². The molecule has 1 aliphatic heterocycles. The average molecular weight is 568 g/mol. The molecule has 2 atom stereocenters. The molecular formula is C26H31As3. The molecule has 1 aliphatic rings. The molecule has 0 nitrogen and oxygen atoms in total. The van der Waals surface area contributed by atoms with Gasteiger partial charge < -0.3 is 0 Å². The molecule has 0 aliphatic carbocycles. The second-order valence-electron chi connectivity index (χ2n) is 7.66. The minimum absolute atomic E-state index is 1.07. The maximum absolute atomic E-state index is 2.51. The van der Waals surface area contributed by atoms with Crippen LogP contribution in [0.25, 0.3) is 0 Å². The van der Waals surface area contributed by atoms with Crippen LogP contribution in [0.15, 0.2) is 91.0 Å². The van der Waals surface area contributed by atoms with E-state index in [0.29, 0.717) is 0 Å². The zero-order chi connectivity index (χ0) is 19.7. The summed E-state index contributed by atoms with van der Waals surface area (Å²) in [5.74, 6) is 0. The number of benzene rings is 3. The van der Waals surface area contributed by atoms with E-state index in [0.717, 1.165) is 0 Å². The van der Waals surface area contributed by atoms with Crippen LogP contribution in [0.4, 0.5) is 0 Å². The number of rotatable bonds is 3. The standard InChI is InChI=1S/C26H31As3/c1-2-4-15-23-28(25-18-10-6-11-19-25)29(26-20-12-7-13-21-26)27(22-14-3-1)24-16-8-5-9-17-24/h5-13,16-21H,1-4,14-15,22-23H2. The molecule has 0 spiro atoms. The Hall–Kier alpha value is -0.665. The van der Waals surface area contributed by atoms with E-state index in [4.69, 9.17) is 0 Å². The molecule has 29 heavy (non-hydrogen) atoms. The van der Waals surface area contributed by atoms with Crippen LogP contribution in [-0.4, -0.2) is 35.7 Å². The molecule has 1 heterocycles. The minimum atomic E-state index is -1.11. The molecule has 2 unspecified atom stereocenters. The van der Waals surface area contributed by atoms with E-state index in [-0.39, 0.29) is 0 Å². The van der Waals surface area contributed by atoms with E-state index in [1.54, 1.807) is 13.1 Å². The van der Waals surface area contributed by atoms with Gasteiger partial charge in [-0.25, -0.2) is 0 Å². The fourth-order valence-electron chi connectivity index (χ4n) is 4.07. The van der Waals surface area contributed by atoms with Gasteiger partial charge in [-0.15, -0.1) is 0 Å². The summed E-state index contributed by atoms with van der Waals surface area (Å²) in [7, 11) is -1.11. The molecule has 4 rings (SSSR count). The van der Waals surface area contributed by atoms with Gasteiger partial charge in [0, 0.05) is 0 Å². The summed E-state index contributed by atoms with van der Waals surface area (Å²) in [4.78, 5) is 0. The van der Waals surface area contributed by atoms with Gasteiger partial charge in [0.15, 0.2) is 0 Å². The first-order valence-electron chi connectivity index (χ1n) is 10.9. The Balaban J connectivity index is 1.81. The molecule has 3 aromatic carbocycles. The fourth-order valence-corrected chi connectivity index (χ4v) is 77.2. The van der Waals surface area contributed by atoms with Crippen molar-refractivity contribution in [2.45, 2.75) is 48.9 Å². The first-order valence-corrected chi connectivity index (χ1v) is 26.8. The third kappa shape index (κ3) is 5.94. The monoisotopic (exact) mass is 568 g/mol. The van der Waals surface area contributed by atoms with Crippen LogP contribution in [-0.2, 0) is 0 Å². The topological polar surface area (TPSA) is 0 Å². The van der Waals surface area contributed by atoms with Crippen molar-refractivity contribution >= 4 is 48.7 Å². The van der Waals surface area contributed by atoms with Crippen molar-refractivity contribution in [2.75, 3.05) is 0 Å². The molecule has 0 amide bonds. The van der Waals surface area contributed by atoms with Crippen molar-refractivity contribution in [3.8, 4) is 0 Å². The summed E-state index contributed by atoms with van der Waals surface area (Å²) in [5.41, 5.74) is 0. The van der Waals surface area contributed by atoms with Crippen molar-refractivity contribution in [3.63, 3.8) is 0 Å².